The fourth-order valence-corrected chi connectivity index (χ4v) is 3.52. The van der Waals surface area contributed by atoms with E-state index in [4.69, 9.17) is 0 Å². The van der Waals surface area contributed by atoms with E-state index in [-0.39, 0.29) is 5.91 Å². The minimum atomic E-state index is -0.676. The summed E-state index contributed by atoms with van der Waals surface area (Å²) in [4.78, 5) is 15.3. The first kappa shape index (κ1) is 16.1. The molecule has 1 saturated carbocycles. The molecule has 0 saturated heterocycles. The van der Waals surface area contributed by atoms with Crippen molar-refractivity contribution < 1.29 is 9.90 Å². The normalized spacial score (nSPS) is 17.3. The zero-order valence-electron chi connectivity index (χ0n) is 13.6. The Labute approximate surface area is 137 Å². The number of amides is 1. The molecule has 4 nitrogen and oxygen atoms in total. The molecule has 1 aromatic carbocycles. The number of aryl methyl sites for hydroxylation is 1. The summed E-state index contributed by atoms with van der Waals surface area (Å²) in [6.07, 6.45) is 9.20. The Hall–Kier alpha value is -1.81. The van der Waals surface area contributed by atoms with Gasteiger partial charge in [0.15, 0.2) is 0 Å². The molecule has 0 unspecified atom stereocenters. The van der Waals surface area contributed by atoms with E-state index in [0.717, 1.165) is 44.0 Å². The standard InChI is InChI=1S/C19H26N2O2/c22-18(21-14-19(23)11-4-1-5-12-19)10-6-7-15-13-20-17-9-3-2-8-16(15)17/h2-3,8-9,13,20,23H,1,4-7,10-12,14H2,(H,21,22). The molecule has 1 aromatic heterocycles. The Morgan fingerprint density at radius 1 is 1.22 bits per heavy atom. The van der Waals surface area contributed by atoms with Gasteiger partial charge in [-0.05, 0) is 37.3 Å². The van der Waals surface area contributed by atoms with Crippen LogP contribution in [0.3, 0.4) is 0 Å². The van der Waals surface area contributed by atoms with E-state index < -0.39 is 5.60 Å². The molecule has 124 valence electrons. The van der Waals surface area contributed by atoms with E-state index in [1.807, 2.05) is 18.3 Å². The van der Waals surface area contributed by atoms with Crippen molar-refractivity contribution in [2.24, 2.45) is 0 Å². The van der Waals surface area contributed by atoms with E-state index in [9.17, 15) is 9.90 Å². The van der Waals surface area contributed by atoms with Crippen LogP contribution in [0.15, 0.2) is 30.5 Å². The Kier molecular flexibility index (Phi) is 5.01. The highest BCUT2D eigenvalue weighted by Gasteiger charge is 2.29. The van der Waals surface area contributed by atoms with Gasteiger partial charge in [0.05, 0.1) is 5.60 Å². The van der Waals surface area contributed by atoms with E-state index in [2.05, 4.69) is 22.4 Å². The van der Waals surface area contributed by atoms with Gasteiger partial charge in [-0.3, -0.25) is 4.79 Å². The van der Waals surface area contributed by atoms with Crippen molar-refractivity contribution in [1.82, 2.24) is 10.3 Å². The van der Waals surface area contributed by atoms with Crippen LogP contribution in [-0.4, -0.2) is 28.1 Å². The van der Waals surface area contributed by atoms with Gasteiger partial charge in [0.1, 0.15) is 0 Å². The van der Waals surface area contributed by atoms with Crippen LogP contribution in [0.2, 0.25) is 0 Å². The second-order valence-corrected chi connectivity index (χ2v) is 6.77. The first-order chi connectivity index (χ1) is 11.2. The summed E-state index contributed by atoms with van der Waals surface area (Å²) >= 11 is 0. The maximum Gasteiger partial charge on any atom is 0.220 e. The number of benzene rings is 1. The average Bonchev–Trinajstić information content (AvgIpc) is 2.97. The molecule has 0 atom stereocenters. The molecule has 1 fully saturated rings. The highest BCUT2D eigenvalue weighted by Crippen LogP contribution is 2.27. The predicted octanol–water partition coefficient (Wildman–Crippen LogP) is 3.30. The van der Waals surface area contributed by atoms with Crippen LogP contribution in [0, 0.1) is 0 Å². The highest BCUT2D eigenvalue weighted by molar-refractivity contribution is 5.83. The number of nitrogens with one attached hydrogen (secondary N) is 2. The molecule has 1 heterocycles. The Bertz CT molecular complexity index is 656. The molecular weight excluding hydrogens is 288 g/mol. The minimum Gasteiger partial charge on any atom is -0.388 e. The fourth-order valence-electron chi connectivity index (χ4n) is 3.52. The largest absolute Gasteiger partial charge is 0.388 e. The topological polar surface area (TPSA) is 65.1 Å². The molecule has 3 rings (SSSR count). The first-order valence-electron chi connectivity index (χ1n) is 8.70. The van der Waals surface area contributed by atoms with Gasteiger partial charge in [0.25, 0.3) is 0 Å². The van der Waals surface area contributed by atoms with Gasteiger partial charge >= 0.3 is 0 Å². The smallest absolute Gasteiger partial charge is 0.220 e. The van der Waals surface area contributed by atoms with E-state index in [1.54, 1.807) is 0 Å². The molecule has 3 N–H and O–H groups in total. The van der Waals surface area contributed by atoms with Crippen molar-refractivity contribution in [3.63, 3.8) is 0 Å². The van der Waals surface area contributed by atoms with Crippen molar-refractivity contribution >= 4 is 16.8 Å². The molecule has 1 amide bonds. The number of hydrogen-bond donors (Lipinski definition) is 3. The van der Waals surface area contributed by atoms with Gasteiger partial charge in [-0.2, -0.15) is 0 Å². The van der Waals surface area contributed by atoms with E-state index in [1.165, 1.54) is 17.4 Å². The van der Waals surface area contributed by atoms with Gasteiger partial charge in [-0.15, -0.1) is 0 Å². The van der Waals surface area contributed by atoms with Gasteiger partial charge < -0.3 is 15.4 Å². The van der Waals surface area contributed by atoms with Crippen LogP contribution in [0.4, 0.5) is 0 Å². The predicted molar refractivity (Wildman–Crippen MR) is 92.3 cm³/mol. The summed E-state index contributed by atoms with van der Waals surface area (Å²) in [6, 6.07) is 8.24. The lowest BCUT2D eigenvalue weighted by atomic mass is 9.85. The number of carbonyl (C=O) groups is 1. The van der Waals surface area contributed by atoms with Crippen molar-refractivity contribution in [3.8, 4) is 0 Å². The summed E-state index contributed by atoms with van der Waals surface area (Å²) in [5, 5.41) is 14.5. The van der Waals surface area contributed by atoms with Crippen molar-refractivity contribution in [2.75, 3.05) is 6.54 Å². The molecule has 0 aliphatic heterocycles. The SMILES string of the molecule is O=C(CCCc1c[nH]c2ccccc12)NCC1(O)CCCCC1. The number of para-hydroxylation sites is 1. The van der Waals surface area contributed by atoms with Crippen LogP contribution >= 0.6 is 0 Å². The summed E-state index contributed by atoms with van der Waals surface area (Å²) in [5.74, 6) is 0.0452. The molecule has 2 aromatic rings. The van der Waals surface area contributed by atoms with Crippen LogP contribution in [0.5, 0.6) is 0 Å². The number of hydrogen-bond acceptors (Lipinski definition) is 2. The lowest BCUT2D eigenvalue weighted by molar-refractivity contribution is -0.122. The van der Waals surface area contributed by atoms with Crippen LogP contribution < -0.4 is 5.32 Å². The summed E-state index contributed by atoms with van der Waals surface area (Å²) < 4.78 is 0. The van der Waals surface area contributed by atoms with Crippen LogP contribution in [0.1, 0.15) is 50.5 Å². The molecule has 23 heavy (non-hydrogen) atoms. The highest BCUT2D eigenvalue weighted by atomic mass is 16.3. The van der Waals surface area contributed by atoms with Crippen LogP contribution in [-0.2, 0) is 11.2 Å². The van der Waals surface area contributed by atoms with Gasteiger partial charge in [-0.1, -0.05) is 37.5 Å². The Morgan fingerprint density at radius 3 is 2.83 bits per heavy atom. The third-order valence-electron chi connectivity index (χ3n) is 4.92. The second-order valence-electron chi connectivity index (χ2n) is 6.77. The number of aromatic amines is 1. The third-order valence-corrected chi connectivity index (χ3v) is 4.92. The Morgan fingerprint density at radius 2 is 2.00 bits per heavy atom. The third kappa shape index (κ3) is 4.14. The fraction of sp³-hybridized carbons (Fsp3) is 0.526. The number of aliphatic hydroxyl groups is 1. The summed E-state index contributed by atoms with van der Waals surface area (Å²) in [5.41, 5.74) is 1.73. The van der Waals surface area contributed by atoms with Crippen LogP contribution in [0.25, 0.3) is 10.9 Å². The monoisotopic (exact) mass is 314 g/mol. The van der Waals surface area contributed by atoms with E-state index in [0.29, 0.717) is 13.0 Å². The number of fused-ring (bicyclic) bond motifs is 1. The molecule has 1 aliphatic carbocycles. The maximum atomic E-state index is 12.0. The maximum absolute atomic E-state index is 12.0. The molecule has 0 bridgehead atoms. The summed E-state index contributed by atoms with van der Waals surface area (Å²) in [7, 11) is 0. The van der Waals surface area contributed by atoms with E-state index >= 15 is 0 Å². The second kappa shape index (κ2) is 7.18. The Balaban J connectivity index is 1.42. The van der Waals surface area contributed by atoms with Gasteiger partial charge in [0, 0.05) is 30.1 Å². The average molecular weight is 314 g/mol. The first-order valence-corrected chi connectivity index (χ1v) is 8.70. The number of aromatic nitrogens is 1. The summed E-state index contributed by atoms with van der Waals surface area (Å²) in [6.45, 7) is 0.402. The van der Waals surface area contributed by atoms with Gasteiger partial charge in [-0.25, -0.2) is 0 Å². The molecule has 0 spiro atoms. The quantitative estimate of drug-likeness (QED) is 0.766. The lowest BCUT2D eigenvalue weighted by Gasteiger charge is -2.32. The molecular formula is C19H26N2O2. The molecule has 4 heteroatoms. The molecule has 1 aliphatic rings. The van der Waals surface area contributed by atoms with Crippen molar-refractivity contribution in [3.05, 3.63) is 36.0 Å². The lowest BCUT2D eigenvalue weighted by Crippen LogP contribution is -2.44. The number of rotatable bonds is 6. The minimum absolute atomic E-state index is 0.0452. The number of H-pyrrole nitrogens is 1. The molecule has 0 radical (unpaired) electrons. The number of carbonyl (C=O) groups excluding carboxylic acids is 1. The zero-order valence-corrected chi connectivity index (χ0v) is 13.6. The zero-order chi connectivity index (χ0) is 16.1. The van der Waals surface area contributed by atoms with Gasteiger partial charge in [0.2, 0.25) is 5.91 Å². The van der Waals surface area contributed by atoms with Crippen molar-refractivity contribution in [1.29, 1.82) is 0 Å². The van der Waals surface area contributed by atoms with Crippen molar-refractivity contribution in [2.45, 2.75) is 57.0 Å².